The fourth-order valence-electron chi connectivity index (χ4n) is 1.73. The van der Waals surface area contributed by atoms with Gasteiger partial charge >= 0.3 is 0 Å². The van der Waals surface area contributed by atoms with E-state index in [2.05, 4.69) is 16.6 Å². The third-order valence-corrected chi connectivity index (χ3v) is 5.11. The molecule has 2 aromatic rings. The molecule has 0 aliphatic rings. The Morgan fingerprint density at radius 3 is 2.77 bits per heavy atom. The highest BCUT2D eigenvalue weighted by Gasteiger charge is 2.16. The Bertz CT molecular complexity index is 753. The van der Waals surface area contributed by atoms with Crippen LogP contribution in [-0.4, -0.2) is 20.9 Å². The molecule has 116 valence electrons. The van der Waals surface area contributed by atoms with E-state index >= 15 is 0 Å². The summed E-state index contributed by atoms with van der Waals surface area (Å²) < 4.78 is 27.0. The first-order valence-corrected chi connectivity index (χ1v) is 8.90. The van der Waals surface area contributed by atoms with Gasteiger partial charge in [0.05, 0.1) is 4.90 Å². The lowest BCUT2D eigenvalue weighted by Gasteiger charge is -2.08. The average molecular weight is 336 g/mol. The van der Waals surface area contributed by atoms with Gasteiger partial charge in [-0.15, -0.1) is 17.9 Å². The standard InChI is InChI=1S/C15H16N2O3S2/c1-2-8-16-15(18)12-5-3-7-14(10-12)22(19,20)17-11-13-6-4-9-21-13/h2-7,9-10,17H,1,8,11H2,(H,16,18). The molecule has 0 unspecified atom stereocenters. The normalized spacial score (nSPS) is 11.1. The number of carbonyl (C=O) groups excluding carboxylic acids is 1. The van der Waals surface area contributed by atoms with Crippen molar-refractivity contribution in [3.05, 3.63) is 64.9 Å². The molecular weight excluding hydrogens is 320 g/mol. The number of hydrogen-bond donors (Lipinski definition) is 2. The minimum absolute atomic E-state index is 0.0651. The Morgan fingerprint density at radius 2 is 2.09 bits per heavy atom. The minimum atomic E-state index is -3.66. The van der Waals surface area contributed by atoms with Crippen LogP contribution in [0.1, 0.15) is 15.2 Å². The summed E-state index contributed by atoms with van der Waals surface area (Å²) in [5.74, 6) is -0.338. The number of amides is 1. The molecule has 0 saturated heterocycles. The van der Waals surface area contributed by atoms with Crippen molar-refractivity contribution in [2.75, 3.05) is 6.54 Å². The van der Waals surface area contributed by atoms with Crippen molar-refractivity contribution < 1.29 is 13.2 Å². The van der Waals surface area contributed by atoms with Crippen molar-refractivity contribution in [3.63, 3.8) is 0 Å². The number of nitrogens with one attached hydrogen (secondary N) is 2. The first kappa shape index (κ1) is 16.4. The van der Waals surface area contributed by atoms with Gasteiger partial charge in [0.2, 0.25) is 10.0 Å². The van der Waals surface area contributed by atoms with Gasteiger partial charge in [-0.2, -0.15) is 0 Å². The molecule has 1 aromatic heterocycles. The summed E-state index contributed by atoms with van der Waals surface area (Å²) in [6, 6.07) is 9.64. The van der Waals surface area contributed by atoms with Crippen LogP contribution < -0.4 is 10.0 Å². The summed E-state index contributed by atoms with van der Waals surface area (Å²) in [7, 11) is -3.66. The van der Waals surface area contributed by atoms with Gasteiger partial charge in [-0.05, 0) is 29.6 Å². The van der Waals surface area contributed by atoms with Gasteiger partial charge < -0.3 is 5.32 Å². The van der Waals surface area contributed by atoms with E-state index in [0.29, 0.717) is 12.1 Å². The molecule has 0 radical (unpaired) electrons. The number of hydrogen-bond acceptors (Lipinski definition) is 4. The highest BCUT2D eigenvalue weighted by Crippen LogP contribution is 2.14. The summed E-state index contributed by atoms with van der Waals surface area (Å²) in [6.45, 7) is 4.07. The van der Waals surface area contributed by atoms with Gasteiger partial charge in [0.1, 0.15) is 0 Å². The Balaban J connectivity index is 2.13. The van der Waals surface area contributed by atoms with Crippen LogP contribution >= 0.6 is 11.3 Å². The van der Waals surface area contributed by atoms with E-state index < -0.39 is 10.0 Å². The minimum Gasteiger partial charge on any atom is -0.349 e. The van der Waals surface area contributed by atoms with Crippen molar-refractivity contribution in [1.82, 2.24) is 10.0 Å². The molecule has 22 heavy (non-hydrogen) atoms. The first-order valence-electron chi connectivity index (χ1n) is 6.54. The van der Waals surface area contributed by atoms with Crippen molar-refractivity contribution in [2.45, 2.75) is 11.4 Å². The highest BCUT2D eigenvalue weighted by molar-refractivity contribution is 7.89. The van der Waals surface area contributed by atoms with Crippen molar-refractivity contribution in [1.29, 1.82) is 0 Å². The predicted octanol–water partition coefficient (Wildman–Crippen LogP) is 2.14. The van der Waals surface area contributed by atoms with Crippen LogP contribution in [0.25, 0.3) is 0 Å². The van der Waals surface area contributed by atoms with Gasteiger partial charge in [-0.3, -0.25) is 4.79 Å². The van der Waals surface area contributed by atoms with Crippen molar-refractivity contribution in [2.24, 2.45) is 0 Å². The summed E-state index contributed by atoms with van der Waals surface area (Å²) in [5, 5.41) is 4.49. The van der Waals surface area contributed by atoms with E-state index in [1.54, 1.807) is 18.2 Å². The Kier molecular flexibility index (Phi) is 5.48. The molecule has 0 aliphatic carbocycles. The molecular formula is C15H16N2O3S2. The van der Waals surface area contributed by atoms with Gasteiger partial charge in [0.25, 0.3) is 5.91 Å². The van der Waals surface area contributed by atoms with E-state index in [9.17, 15) is 13.2 Å². The SMILES string of the molecule is C=CCNC(=O)c1cccc(S(=O)(=O)NCc2cccs2)c1. The Morgan fingerprint density at radius 1 is 1.27 bits per heavy atom. The van der Waals surface area contributed by atoms with E-state index in [1.165, 1.54) is 23.5 Å². The van der Waals surface area contributed by atoms with Crippen molar-refractivity contribution >= 4 is 27.3 Å². The van der Waals surface area contributed by atoms with Gasteiger partial charge in [0, 0.05) is 23.5 Å². The van der Waals surface area contributed by atoms with E-state index in [1.807, 2.05) is 17.5 Å². The molecule has 1 aromatic carbocycles. The zero-order valence-electron chi connectivity index (χ0n) is 11.8. The summed E-state index contributed by atoms with van der Waals surface area (Å²) >= 11 is 1.48. The van der Waals surface area contributed by atoms with Gasteiger partial charge in [-0.25, -0.2) is 13.1 Å². The second kappa shape index (κ2) is 7.35. The fraction of sp³-hybridized carbons (Fsp3) is 0.133. The summed E-state index contributed by atoms with van der Waals surface area (Å²) in [6.07, 6.45) is 1.56. The monoisotopic (exact) mass is 336 g/mol. The zero-order valence-corrected chi connectivity index (χ0v) is 13.4. The molecule has 0 spiro atoms. The fourth-order valence-corrected chi connectivity index (χ4v) is 3.52. The molecule has 0 aliphatic heterocycles. The molecule has 7 heteroatoms. The zero-order chi connectivity index (χ0) is 16.0. The largest absolute Gasteiger partial charge is 0.349 e. The van der Waals surface area contributed by atoms with E-state index in [4.69, 9.17) is 0 Å². The third kappa shape index (κ3) is 4.27. The number of sulfonamides is 1. The molecule has 0 fully saturated rings. The van der Waals surface area contributed by atoms with Crippen LogP contribution in [0.4, 0.5) is 0 Å². The van der Waals surface area contributed by atoms with Gasteiger partial charge in [-0.1, -0.05) is 18.2 Å². The van der Waals surface area contributed by atoms with Crippen LogP contribution in [0.2, 0.25) is 0 Å². The lowest BCUT2D eigenvalue weighted by atomic mass is 10.2. The quantitative estimate of drug-likeness (QED) is 0.761. The van der Waals surface area contributed by atoms with E-state index in [-0.39, 0.29) is 17.3 Å². The first-order chi connectivity index (χ1) is 10.5. The lowest BCUT2D eigenvalue weighted by molar-refractivity contribution is 0.0958. The Hall–Kier alpha value is -1.96. The molecule has 1 amide bonds. The molecule has 5 nitrogen and oxygen atoms in total. The highest BCUT2D eigenvalue weighted by atomic mass is 32.2. The number of benzene rings is 1. The maximum absolute atomic E-state index is 12.3. The van der Waals surface area contributed by atoms with Crippen molar-refractivity contribution in [3.8, 4) is 0 Å². The van der Waals surface area contributed by atoms with Crippen LogP contribution in [0.3, 0.4) is 0 Å². The molecule has 2 N–H and O–H groups in total. The topological polar surface area (TPSA) is 75.3 Å². The third-order valence-electron chi connectivity index (χ3n) is 2.83. The molecule has 2 rings (SSSR count). The predicted molar refractivity (Wildman–Crippen MR) is 87.3 cm³/mol. The molecule has 0 saturated carbocycles. The van der Waals surface area contributed by atoms with Crippen LogP contribution in [-0.2, 0) is 16.6 Å². The maximum Gasteiger partial charge on any atom is 0.251 e. The summed E-state index contributed by atoms with van der Waals surface area (Å²) in [5.41, 5.74) is 0.292. The number of thiophene rings is 1. The van der Waals surface area contributed by atoms with Gasteiger partial charge in [0.15, 0.2) is 0 Å². The molecule has 0 bridgehead atoms. The second-order valence-corrected chi connectivity index (χ2v) is 7.23. The summed E-state index contributed by atoms with van der Waals surface area (Å²) in [4.78, 5) is 12.8. The molecule has 1 heterocycles. The maximum atomic E-state index is 12.3. The number of carbonyl (C=O) groups is 1. The molecule has 0 atom stereocenters. The lowest BCUT2D eigenvalue weighted by Crippen LogP contribution is -2.25. The van der Waals surface area contributed by atoms with Crippen LogP contribution in [0.15, 0.2) is 59.3 Å². The smallest absolute Gasteiger partial charge is 0.251 e. The van der Waals surface area contributed by atoms with Crippen LogP contribution in [0, 0.1) is 0 Å². The Labute approximate surface area is 133 Å². The second-order valence-electron chi connectivity index (χ2n) is 4.43. The number of rotatable bonds is 7. The van der Waals surface area contributed by atoms with E-state index in [0.717, 1.165) is 4.88 Å². The average Bonchev–Trinajstić information content (AvgIpc) is 3.04. The van der Waals surface area contributed by atoms with Crippen LogP contribution in [0.5, 0.6) is 0 Å².